The van der Waals surface area contributed by atoms with Gasteiger partial charge in [0.2, 0.25) is 5.88 Å². The van der Waals surface area contributed by atoms with Gasteiger partial charge in [-0.2, -0.15) is 8.78 Å². The number of benzene rings is 2. The minimum Gasteiger partial charge on any atom is -0.477 e. The second-order valence-corrected chi connectivity index (χ2v) is 6.91. The Hall–Kier alpha value is -3.20. The maximum Gasteiger partial charge on any atom is 0.302 e. The lowest BCUT2D eigenvalue weighted by Crippen LogP contribution is -2.22. The summed E-state index contributed by atoms with van der Waals surface area (Å²) < 4.78 is 32.5. The van der Waals surface area contributed by atoms with Gasteiger partial charge in [0.1, 0.15) is 0 Å². The van der Waals surface area contributed by atoms with Crippen LogP contribution in [0, 0.1) is 0 Å². The van der Waals surface area contributed by atoms with Gasteiger partial charge in [0.25, 0.3) is 5.91 Å². The predicted molar refractivity (Wildman–Crippen MR) is 125 cm³/mol. The Morgan fingerprint density at radius 1 is 1.12 bits per heavy atom. The van der Waals surface area contributed by atoms with E-state index in [1.807, 2.05) is 26.8 Å². The minimum atomic E-state index is -2.51. The zero-order chi connectivity index (χ0) is 23.3. The van der Waals surface area contributed by atoms with E-state index in [1.165, 1.54) is 0 Å². The number of alkyl halides is 2. The highest BCUT2D eigenvalue weighted by atomic mass is 32.2. The molecule has 0 radical (unpaired) electrons. The highest BCUT2D eigenvalue weighted by Gasteiger charge is 2.08. The van der Waals surface area contributed by atoms with Crippen LogP contribution in [0.2, 0.25) is 0 Å². The molecule has 3 rings (SSSR count). The molecule has 0 fully saturated rings. The first kappa shape index (κ1) is 25.1. The Balaban J connectivity index is 0.00000176. The number of nitrogens with one attached hydrogen (secondary N) is 2. The van der Waals surface area contributed by atoms with Crippen molar-refractivity contribution in [2.45, 2.75) is 33.1 Å². The van der Waals surface area contributed by atoms with Crippen LogP contribution < -0.4 is 14.8 Å². The molecule has 0 spiro atoms. The summed E-state index contributed by atoms with van der Waals surface area (Å²) in [6.07, 6.45) is 3.18. The van der Waals surface area contributed by atoms with Gasteiger partial charge in [-0.05, 0) is 36.8 Å². The van der Waals surface area contributed by atoms with Crippen LogP contribution in [0.5, 0.6) is 5.88 Å². The molecule has 0 bridgehead atoms. The zero-order valence-corrected chi connectivity index (χ0v) is 19.0. The normalized spacial score (nSPS) is 10.2. The number of carbonyl (C=O) groups excluding carboxylic acids is 1. The van der Waals surface area contributed by atoms with Crippen molar-refractivity contribution < 1.29 is 18.3 Å². The molecule has 2 N–H and O–H groups in total. The topological polar surface area (TPSA) is 76.1 Å². The van der Waals surface area contributed by atoms with Crippen LogP contribution >= 0.6 is 11.9 Å². The van der Waals surface area contributed by atoms with Gasteiger partial charge in [-0.1, -0.05) is 38.1 Å². The number of anilines is 1. The first-order chi connectivity index (χ1) is 15.5. The minimum absolute atomic E-state index is 0.240. The molecule has 0 saturated carbocycles. The van der Waals surface area contributed by atoms with Crippen molar-refractivity contribution in [1.82, 2.24) is 15.3 Å². The van der Waals surface area contributed by atoms with Gasteiger partial charge in [-0.15, -0.1) is 0 Å². The molecule has 1 heterocycles. The van der Waals surface area contributed by atoms with E-state index in [-0.39, 0.29) is 12.5 Å². The molecule has 0 saturated heterocycles. The van der Waals surface area contributed by atoms with Crippen molar-refractivity contribution in [2.75, 3.05) is 11.3 Å². The molecule has 170 valence electrons. The molecule has 0 aliphatic rings. The van der Waals surface area contributed by atoms with Gasteiger partial charge < -0.3 is 14.8 Å². The van der Waals surface area contributed by atoms with Gasteiger partial charge in [0.05, 0.1) is 24.7 Å². The van der Waals surface area contributed by atoms with Gasteiger partial charge >= 0.3 is 5.76 Å². The molecular formula is C23H26F2N4O2S. The Labute approximate surface area is 191 Å². The largest absolute Gasteiger partial charge is 0.477 e. The molecule has 3 aromatic rings. The van der Waals surface area contributed by atoms with Gasteiger partial charge in [0, 0.05) is 35.3 Å². The maximum atomic E-state index is 12.4. The number of carbonyl (C=O) groups is 1. The monoisotopic (exact) mass is 460 g/mol. The predicted octanol–water partition coefficient (Wildman–Crippen LogP) is 5.78. The van der Waals surface area contributed by atoms with E-state index in [4.69, 9.17) is 4.74 Å². The van der Waals surface area contributed by atoms with E-state index < -0.39 is 5.76 Å². The Morgan fingerprint density at radius 3 is 2.56 bits per heavy atom. The molecular weight excluding hydrogens is 434 g/mol. The lowest BCUT2D eigenvalue weighted by molar-refractivity contribution is 0.0951. The fourth-order valence-electron chi connectivity index (χ4n) is 2.64. The van der Waals surface area contributed by atoms with Crippen molar-refractivity contribution in [1.29, 1.82) is 0 Å². The van der Waals surface area contributed by atoms with Crippen LogP contribution in [0.3, 0.4) is 0 Å². The lowest BCUT2D eigenvalue weighted by atomic mass is 10.1. The van der Waals surface area contributed by atoms with E-state index in [9.17, 15) is 13.6 Å². The molecule has 0 unspecified atom stereocenters. The number of aromatic nitrogens is 2. The average molecular weight is 461 g/mol. The second kappa shape index (κ2) is 13.3. The van der Waals surface area contributed by atoms with Gasteiger partial charge in [0.15, 0.2) is 0 Å². The van der Waals surface area contributed by atoms with E-state index in [0.29, 0.717) is 41.4 Å². The summed E-state index contributed by atoms with van der Waals surface area (Å²) in [6.45, 7) is 6.65. The molecule has 0 aliphatic heterocycles. The fraction of sp³-hybridized carbons (Fsp3) is 0.261. The first-order valence-electron chi connectivity index (χ1n) is 10.2. The summed E-state index contributed by atoms with van der Waals surface area (Å²) in [5, 5.41) is 2.82. The van der Waals surface area contributed by atoms with E-state index in [0.717, 1.165) is 11.1 Å². The molecule has 32 heavy (non-hydrogen) atoms. The van der Waals surface area contributed by atoms with Crippen molar-refractivity contribution in [2.24, 2.45) is 0 Å². The van der Waals surface area contributed by atoms with Crippen molar-refractivity contribution in [3.63, 3.8) is 0 Å². The average Bonchev–Trinajstić information content (AvgIpc) is 2.83. The number of ether oxygens (including phenoxy) is 1. The Kier molecular flexibility index (Phi) is 10.4. The Morgan fingerprint density at radius 2 is 1.88 bits per heavy atom. The zero-order valence-electron chi connectivity index (χ0n) is 18.1. The number of halogens is 2. The van der Waals surface area contributed by atoms with E-state index in [2.05, 4.69) is 20.0 Å². The third kappa shape index (κ3) is 7.81. The SMILES string of the molecule is CC.CCOc1cncc(-c2ccc(C(=O)NCc3cccc(NSC(F)F)c3)cc2)n1. The highest BCUT2D eigenvalue weighted by Crippen LogP contribution is 2.21. The van der Waals surface area contributed by atoms with Crippen LogP contribution in [0.15, 0.2) is 60.9 Å². The summed E-state index contributed by atoms with van der Waals surface area (Å²) in [5.41, 5.74) is 3.31. The summed E-state index contributed by atoms with van der Waals surface area (Å²) >= 11 is 0.329. The number of hydrogen-bond donors (Lipinski definition) is 2. The van der Waals surface area contributed by atoms with E-state index in [1.54, 1.807) is 54.9 Å². The third-order valence-electron chi connectivity index (χ3n) is 3.99. The molecule has 0 atom stereocenters. The van der Waals surface area contributed by atoms with Crippen molar-refractivity contribution >= 4 is 23.5 Å². The molecule has 1 aromatic heterocycles. The maximum absolute atomic E-state index is 12.4. The van der Waals surface area contributed by atoms with Crippen molar-refractivity contribution in [3.8, 4) is 17.1 Å². The van der Waals surface area contributed by atoms with Crippen molar-refractivity contribution in [3.05, 3.63) is 72.1 Å². The molecule has 9 heteroatoms. The number of amides is 1. The number of hydrogen-bond acceptors (Lipinski definition) is 6. The van der Waals surface area contributed by atoms with E-state index >= 15 is 0 Å². The number of nitrogens with zero attached hydrogens (tertiary/aromatic N) is 2. The van der Waals surface area contributed by atoms with Gasteiger partial charge in [-0.3, -0.25) is 9.78 Å². The molecule has 2 aromatic carbocycles. The Bertz CT molecular complexity index is 988. The number of rotatable bonds is 9. The molecule has 0 aliphatic carbocycles. The second-order valence-electron chi connectivity index (χ2n) is 6.12. The lowest BCUT2D eigenvalue weighted by Gasteiger charge is -2.09. The third-order valence-corrected chi connectivity index (χ3v) is 4.53. The summed E-state index contributed by atoms with van der Waals surface area (Å²) in [7, 11) is 0. The molecule has 1 amide bonds. The standard InChI is InChI=1S/C21H20F2N4O2S.C2H6/c1-2-29-19-13-24-12-18(26-19)15-6-8-16(9-7-15)20(28)25-11-14-4-3-5-17(10-14)27-30-21(22)23;1-2/h3-10,12-13,21,27H,2,11H2,1H3,(H,25,28);1-2H3. The summed E-state index contributed by atoms with van der Waals surface area (Å²) in [4.78, 5) is 20.9. The smallest absolute Gasteiger partial charge is 0.302 e. The summed E-state index contributed by atoms with van der Waals surface area (Å²) in [6, 6.07) is 13.9. The highest BCUT2D eigenvalue weighted by molar-refractivity contribution is 8.00. The molecule has 6 nitrogen and oxygen atoms in total. The first-order valence-corrected chi connectivity index (χ1v) is 11.1. The van der Waals surface area contributed by atoms with Crippen LogP contribution in [-0.4, -0.2) is 28.2 Å². The van der Waals surface area contributed by atoms with Crippen LogP contribution in [-0.2, 0) is 6.54 Å². The summed E-state index contributed by atoms with van der Waals surface area (Å²) in [5.74, 6) is -2.31. The van der Waals surface area contributed by atoms with Crippen LogP contribution in [0.1, 0.15) is 36.7 Å². The van der Waals surface area contributed by atoms with Gasteiger partial charge in [-0.25, -0.2) is 4.98 Å². The fourth-order valence-corrected chi connectivity index (χ4v) is 2.99. The van der Waals surface area contributed by atoms with Crippen LogP contribution in [0.25, 0.3) is 11.3 Å². The quantitative estimate of drug-likeness (QED) is 0.394. The van der Waals surface area contributed by atoms with Crippen LogP contribution in [0.4, 0.5) is 14.5 Å².